The lowest BCUT2D eigenvalue weighted by molar-refractivity contribution is 0.0381. The summed E-state index contributed by atoms with van der Waals surface area (Å²) in [5.41, 5.74) is 6.73. The van der Waals surface area contributed by atoms with E-state index >= 15 is 0 Å². The molecule has 0 aliphatic carbocycles. The third-order valence-corrected chi connectivity index (χ3v) is 3.16. The zero-order chi connectivity index (χ0) is 12.1. The number of rotatable bonds is 4. The summed E-state index contributed by atoms with van der Waals surface area (Å²) in [6, 6.07) is 4.20. The number of anilines is 1. The Balaban J connectivity index is 2.01. The lowest BCUT2D eigenvalue weighted by Gasteiger charge is -2.33. The van der Waals surface area contributed by atoms with Gasteiger partial charge in [0.15, 0.2) is 0 Å². The summed E-state index contributed by atoms with van der Waals surface area (Å²) in [5.74, 6) is 1.05. The molecule has 0 bridgehead atoms. The molecule has 1 unspecified atom stereocenters. The van der Waals surface area contributed by atoms with Gasteiger partial charge in [0.2, 0.25) is 0 Å². The van der Waals surface area contributed by atoms with Crippen LogP contribution in [-0.2, 0) is 11.2 Å². The van der Waals surface area contributed by atoms with E-state index in [4.69, 9.17) is 10.5 Å². The molecule has 1 fully saturated rings. The third-order valence-electron chi connectivity index (χ3n) is 3.16. The molecule has 0 saturated carbocycles. The second-order valence-corrected chi connectivity index (χ2v) is 4.41. The Bertz CT molecular complexity index is 339. The maximum Gasteiger partial charge on any atom is 0.128 e. The summed E-state index contributed by atoms with van der Waals surface area (Å²) in [6.07, 6.45) is 4.23. The predicted octanol–water partition coefficient (Wildman–Crippen LogP) is 1.20. The van der Waals surface area contributed by atoms with Gasteiger partial charge in [0.05, 0.1) is 12.7 Å². The molecule has 1 aromatic rings. The van der Waals surface area contributed by atoms with E-state index in [1.165, 1.54) is 5.56 Å². The van der Waals surface area contributed by atoms with Crippen molar-refractivity contribution in [2.75, 3.05) is 31.1 Å². The first-order valence-electron chi connectivity index (χ1n) is 6.35. The van der Waals surface area contributed by atoms with Gasteiger partial charge in [-0.25, -0.2) is 4.98 Å². The van der Waals surface area contributed by atoms with Crippen LogP contribution in [0.15, 0.2) is 18.3 Å². The minimum Gasteiger partial charge on any atom is -0.375 e. The normalized spacial score (nSPS) is 20.6. The summed E-state index contributed by atoms with van der Waals surface area (Å²) in [4.78, 5) is 6.80. The van der Waals surface area contributed by atoms with Crippen molar-refractivity contribution in [3.8, 4) is 0 Å². The minimum atomic E-state index is 0.342. The molecule has 17 heavy (non-hydrogen) atoms. The molecular weight excluding hydrogens is 214 g/mol. The van der Waals surface area contributed by atoms with Gasteiger partial charge in [0, 0.05) is 19.3 Å². The number of hydrogen-bond acceptors (Lipinski definition) is 4. The zero-order valence-electron chi connectivity index (χ0n) is 10.4. The van der Waals surface area contributed by atoms with Crippen molar-refractivity contribution in [3.05, 3.63) is 23.9 Å². The number of aromatic nitrogens is 1. The van der Waals surface area contributed by atoms with Crippen molar-refractivity contribution >= 4 is 5.82 Å². The zero-order valence-corrected chi connectivity index (χ0v) is 10.4. The van der Waals surface area contributed by atoms with Gasteiger partial charge in [-0.1, -0.05) is 13.0 Å². The van der Waals surface area contributed by atoms with Gasteiger partial charge < -0.3 is 15.4 Å². The van der Waals surface area contributed by atoms with Crippen LogP contribution in [0.25, 0.3) is 0 Å². The smallest absolute Gasteiger partial charge is 0.128 e. The highest BCUT2D eigenvalue weighted by Crippen LogP contribution is 2.16. The number of nitrogens with two attached hydrogens (primary N) is 1. The molecule has 2 N–H and O–H groups in total. The summed E-state index contributed by atoms with van der Waals surface area (Å²) in [7, 11) is 0. The van der Waals surface area contributed by atoms with E-state index < -0.39 is 0 Å². The third kappa shape index (κ3) is 3.17. The van der Waals surface area contributed by atoms with Gasteiger partial charge in [-0.05, 0) is 31.0 Å². The fraction of sp³-hybridized carbons (Fsp3) is 0.615. The van der Waals surface area contributed by atoms with Gasteiger partial charge in [-0.15, -0.1) is 0 Å². The van der Waals surface area contributed by atoms with Crippen molar-refractivity contribution in [1.82, 2.24) is 4.98 Å². The van der Waals surface area contributed by atoms with Gasteiger partial charge in [-0.2, -0.15) is 0 Å². The number of pyridine rings is 1. The average Bonchev–Trinajstić information content (AvgIpc) is 2.40. The van der Waals surface area contributed by atoms with Gasteiger partial charge in [0.25, 0.3) is 0 Å². The van der Waals surface area contributed by atoms with E-state index in [0.29, 0.717) is 12.6 Å². The molecule has 0 radical (unpaired) electrons. The number of hydrogen-bond donors (Lipinski definition) is 1. The first-order valence-corrected chi connectivity index (χ1v) is 6.35. The Kier molecular flexibility index (Phi) is 4.34. The van der Waals surface area contributed by atoms with Crippen LogP contribution in [-0.4, -0.2) is 37.3 Å². The fourth-order valence-electron chi connectivity index (χ4n) is 2.09. The van der Waals surface area contributed by atoms with Crippen molar-refractivity contribution in [2.45, 2.75) is 25.9 Å². The van der Waals surface area contributed by atoms with Crippen LogP contribution < -0.4 is 10.6 Å². The van der Waals surface area contributed by atoms with Crippen molar-refractivity contribution < 1.29 is 4.74 Å². The quantitative estimate of drug-likeness (QED) is 0.852. The van der Waals surface area contributed by atoms with E-state index in [2.05, 4.69) is 28.9 Å². The Hall–Kier alpha value is -1.13. The molecule has 94 valence electrons. The molecule has 0 amide bonds. The van der Waals surface area contributed by atoms with E-state index in [1.54, 1.807) is 0 Å². The number of morpholine rings is 1. The molecule has 2 rings (SSSR count). The molecule has 1 aromatic heterocycles. The summed E-state index contributed by atoms with van der Waals surface area (Å²) < 4.78 is 5.66. The molecule has 0 spiro atoms. The molecular formula is C13H21N3O. The second kappa shape index (κ2) is 5.98. The second-order valence-electron chi connectivity index (χ2n) is 4.41. The molecule has 1 aliphatic rings. The predicted molar refractivity (Wildman–Crippen MR) is 69.2 cm³/mol. The van der Waals surface area contributed by atoms with Gasteiger partial charge >= 0.3 is 0 Å². The highest BCUT2D eigenvalue weighted by atomic mass is 16.5. The highest BCUT2D eigenvalue weighted by molar-refractivity contribution is 5.40. The molecule has 1 atom stereocenters. The summed E-state index contributed by atoms with van der Waals surface area (Å²) in [6.45, 7) is 5.51. The Morgan fingerprint density at radius 1 is 1.53 bits per heavy atom. The maximum absolute atomic E-state index is 5.66. The molecule has 4 heteroatoms. The molecule has 0 aromatic carbocycles. The van der Waals surface area contributed by atoms with Crippen molar-refractivity contribution in [2.24, 2.45) is 5.73 Å². The van der Waals surface area contributed by atoms with Gasteiger partial charge in [0.1, 0.15) is 5.82 Å². The maximum atomic E-state index is 5.66. The monoisotopic (exact) mass is 235 g/mol. The van der Waals surface area contributed by atoms with E-state index in [0.717, 1.165) is 38.4 Å². The first-order chi connectivity index (χ1) is 8.33. The van der Waals surface area contributed by atoms with Crippen LogP contribution in [0.4, 0.5) is 5.82 Å². The van der Waals surface area contributed by atoms with E-state index in [-0.39, 0.29) is 0 Å². The minimum absolute atomic E-state index is 0.342. The van der Waals surface area contributed by atoms with Crippen molar-refractivity contribution in [3.63, 3.8) is 0 Å². The fourth-order valence-corrected chi connectivity index (χ4v) is 2.09. The van der Waals surface area contributed by atoms with E-state index in [9.17, 15) is 0 Å². The van der Waals surface area contributed by atoms with Crippen molar-refractivity contribution in [1.29, 1.82) is 0 Å². The largest absolute Gasteiger partial charge is 0.375 e. The Morgan fingerprint density at radius 2 is 2.41 bits per heavy atom. The summed E-state index contributed by atoms with van der Waals surface area (Å²) in [5, 5.41) is 0. The SMILES string of the molecule is CCC1CN(c2ccc(CCN)cn2)CCO1. The lowest BCUT2D eigenvalue weighted by atomic mass is 10.2. The standard InChI is InChI=1S/C13H21N3O/c1-2-12-10-16(7-8-17-12)13-4-3-11(5-6-14)9-15-13/h3-4,9,12H,2,5-8,10,14H2,1H3. The number of ether oxygens (including phenoxy) is 1. The summed E-state index contributed by atoms with van der Waals surface area (Å²) >= 11 is 0. The first kappa shape index (κ1) is 12.3. The van der Waals surface area contributed by atoms with Crippen LogP contribution in [0.5, 0.6) is 0 Å². The molecule has 2 heterocycles. The highest BCUT2D eigenvalue weighted by Gasteiger charge is 2.19. The lowest BCUT2D eigenvalue weighted by Crippen LogP contribution is -2.42. The van der Waals surface area contributed by atoms with Crippen LogP contribution in [0.1, 0.15) is 18.9 Å². The molecule has 4 nitrogen and oxygen atoms in total. The Labute approximate surface area is 103 Å². The molecule has 1 saturated heterocycles. The van der Waals surface area contributed by atoms with Crippen LogP contribution in [0, 0.1) is 0 Å². The van der Waals surface area contributed by atoms with Crippen LogP contribution in [0.3, 0.4) is 0 Å². The topological polar surface area (TPSA) is 51.4 Å². The number of nitrogens with zero attached hydrogens (tertiary/aromatic N) is 2. The van der Waals surface area contributed by atoms with Crippen LogP contribution in [0.2, 0.25) is 0 Å². The van der Waals surface area contributed by atoms with Crippen LogP contribution >= 0.6 is 0 Å². The molecule has 1 aliphatic heterocycles. The average molecular weight is 235 g/mol. The van der Waals surface area contributed by atoms with E-state index in [1.807, 2.05) is 6.20 Å². The Morgan fingerprint density at radius 3 is 3.06 bits per heavy atom. The van der Waals surface area contributed by atoms with Gasteiger partial charge in [-0.3, -0.25) is 0 Å².